The number of carboxylic acids is 1. The maximum Gasteiger partial charge on any atom is 0.315 e. The van der Waals surface area contributed by atoms with Gasteiger partial charge in [0.25, 0.3) is 0 Å². The minimum atomic E-state index is -0.722. The van der Waals surface area contributed by atoms with Crippen LogP contribution in [0, 0.1) is 19.8 Å². The molecule has 1 aromatic heterocycles. The Kier molecular flexibility index (Phi) is 5.45. The number of carboxylic acid groups (broad SMARTS) is 1. The summed E-state index contributed by atoms with van der Waals surface area (Å²) in [6, 6.07) is 1.99. The fraction of sp³-hybridized carbons (Fsp3) is 0.625. The number of hydrogen-bond donors (Lipinski definition) is 3. The molecule has 1 fully saturated rings. The van der Waals surface area contributed by atoms with Gasteiger partial charge >= 0.3 is 12.0 Å². The van der Waals surface area contributed by atoms with Crippen molar-refractivity contribution in [2.75, 3.05) is 0 Å². The molecule has 2 rings (SSSR count). The van der Waals surface area contributed by atoms with Gasteiger partial charge in [0.05, 0.1) is 12.0 Å². The van der Waals surface area contributed by atoms with Crippen molar-refractivity contribution in [3.05, 3.63) is 21.4 Å². The van der Waals surface area contributed by atoms with Crippen molar-refractivity contribution in [2.45, 2.75) is 58.5 Å². The topological polar surface area (TPSA) is 78.4 Å². The smallest absolute Gasteiger partial charge is 0.315 e. The third-order valence-corrected chi connectivity index (χ3v) is 5.29. The molecule has 5 nitrogen and oxygen atoms in total. The molecule has 1 aromatic rings. The summed E-state index contributed by atoms with van der Waals surface area (Å²) in [5.74, 6) is -0.976. The number of thiophene rings is 1. The number of nitrogens with one attached hydrogen (secondary N) is 2. The molecular formula is C16H24N2O3S. The molecule has 1 aliphatic rings. The molecule has 0 saturated heterocycles. The Morgan fingerprint density at radius 1 is 1.27 bits per heavy atom. The summed E-state index contributed by atoms with van der Waals surface area (Å²) in [5, 5.41) is 14.9. The first kappa shape index (κ1) is 16.8. The van der Waals surface area contributed by atoms with Gasteiger partial charge in [-0.05, 0) is 58.1 Å². The lowest BCUT2D eigenvalue weighted by atomic mass is 9.86. The summed E-state index contributed by atoms with van der Waals surface area (Å²) < 4.78 is 0. The molecule has 22 heavy (non-hydrogen) atoms. The van der Waals surface area contributed by atoms with Gasteiger partial charge in [0.2, 0.25) is 0 Å². The number of aliphatic carboxylic acids is 1. The molecule has 0 bridgehead atoms. The number of urea groups is 1. The molecule has 0 aromatic carbocycles. The number of carbonyl (C=O) groups is 2. The third-order valence-electron chi connectivity index (χ3n) is 4.31. The van der Waals surface area contributed by atoms with Crippen LogP contribution in [-0.2, 0) is 4.79 Å². The minimum Gasteiger partial charge on any atom is -0.481 e. The Morgan fingerprint density at radius 2 is 1.91 bits per heavy atom. The van der Waals surface area contributed by atoms with E-state index in [9.17, 15) is 9.59 Å². The van der Waals surface area contributed by atoms with Crippen LogP contribution in [0.4, 0.5) is 4.79 Å². The zero-order valence-corrected chi connectivity index (χ0v) is 14.1. The van der Waals surface area contributed by atoms with Crippen molar-refractivity contribution in [3.8, 4) is 0 Å². The standard InChI is InChI=1S/C16H24N2O3S/c1-9-8-14(11(3)22-9)10(2)17-16(21)18-13-6-4-12(5-7-13)15(19)20/h8,10,12-13H,4-7H2,1-3H3,(H,19,20)(H2,17,18,21). The van der Waals surface area contributed by atoms with Crippen molar-refractivity contribution >= 4 is 23.3 Å². The summed E-state index contributed by atoms with van der Waals surface area (Å²) in [6.07, 6.45) is 2.74. The average Bonchev–Trinajstić information content (AvgIpc) is 2.78. The van der Waals surface area contributed by atoms with Crippen LogP contribution in [0.25, 0.3) is 0 Å². The van der Waals surface area contributed by atoms with E-state index in [0.29, 0.717) is 12.8 Å². The van der Waals surface area contributed by atoms with Gasteiger partial charge in [0.15, 0.2) is 0 Å². The number of hydrogen-bond acceptors (Lipinski definition) is 3. The van der Waals surface area contributed by atoms with Crippen LogP contribution in [0.2, 0.25) is 0 Å². The lowest BCUT2D eigenvalue weighted by Gasteiger charge is -2.27. The van der Waals surface area contributed by atoms with E-state index in [1.165, 1.54) is 9.75 Å². The van der Waals surface area contributed by atoms with Gasteiger partial charge in [0, 0.05) is 15.8 Å². The third kappa shape index (κ3) is 4.22. The van der Waals surface area contributed by atoms with Gasteiger partial charge in [-0.3, -0.25) is 4.79 Å². The second-order valence-electron chi connectivity index (χ2n) is 6.09. The molecule has 1 unspecified atom stereocenters. The summed E-state index contributed by atoms with van der Waals surface area (Å²) in [7, 11) is 0. The van der Waals surface area contributed by atoms with E-state index in [2.05, 4.69) is 30.5 Å². The molecule has 122 valence electrons. The summed E-state index contributed by atoms with van der Waals surface area (Å²) in [6.45, 7) is 6.11. The molecule has 1 heterocycles. The van der Waals surface area contributed by atoms with Crippen molar-refractivity contribution in [1.82, 2.24) is 10.6 Å². The summed E-state index contributed by atoms with van der Waals surface area (Å²) >= 11 is 1.74. The van der Waals surface area contributed by atoms with Gasteiger partial charge < -0.3 is 15.7 Å². The number of rotatable bonds is 4. The molecular weight excluding hydrogens is 300 g/mol. The first-order chi connectivity index (χ1) is 10.4. The zero-order chi connectivity index (χ0) is 16.3. The highest BCUT2D eigenvalue weighted by molar-refractivity contribution is 7.12. The van der Waals surface area contributed by atoms with Crippen LogP contribution in [0.5, 0.6) is 0 Å². The molecule has 6 heteroatoms. The molecule has 2 amide bonds. The second-order valence-corrected chi connectivity index (χ2v) is 7.56. The Morgan fingerprint density at radius 3 is 2.41 bits per heavy atom. The zero-order valence-electron chi connectivity index (χ0n) is 13.3. The van der Waals surface area contributed by atoms with Crippen molar-refractivity contribution in [3.63, 3.8) is 0 Å². The monoisotopic (exact) mass is 324 g/mol. The van der Waals surface area contributed by atoms with Crippen LogP contribution < -0.4 is 10.6 Å². The summed E-state index contributed by atoms with van der Waals surface area (Å²) in [4.78, 5) is 25.5. The predicted molar refractivity (Wildman–Crippen MR) is 87.3 cm³/mol. The Labute approximate surface area is 135 Å². The van der Waals surface area contributed by atoms with E-state index in [0.717, 1.165) is 18.4 Å². The largest absolute Gasteiger partial charge is 0.481 e. The first-order valence-corrected chi connectivity index (χ1v) is 8.55. The van der Waals surface area contributed by atoms with Crippen LogP contribution in [0.15, 0.2) is 6.07 Å². The van der Waals surface area contributed by atoms with Crippen molar-refractivity contribution in [2.24, 2.45) is 5.92 Å². The minimum absolute atomic E-state index is 0.0275. The van der Waals surface area contributed by atoms with Crippen LogP contribution in [-0.4, -0.2) is 23.1 Å². The van der Waals surface area contributed by atoms with Gasteiger partial charge in [-0.25, -0.2) is 4.79 Å². The molecule has 1 atom stereocenters. The number of carbonyl (C=O) groups excluding carboxylic acids is 1. The second kappa shape index (κ2) is 7.13. The highest BCUT2D eigenvalue weighted by Gasteiger charge is 2.27. The SMILES string of the molecule is Cc1cc(C(C)NC(=O)NC2CCC(C(=O)O)CC2)c(C)s1. The Balaban J connectivity index is 1.81. The highest BCUT2D eigenvalue weighted by Crippen LogP contribution is 2.27. The van der Waals surface area contributed by atoms with Crippen molar-refractivity contribution in [1.29, 1.82) is 0 Å². The van der Waals surface area contributed by atoms with E-state index >= 15 is 0 Å². The first-order valence-electron chi connectivity index (χ1n) is 7.73. The van der Waals surface area contributed by atoms with E-state index < -0.39 is 5.97 Å². The molecule has 0 spiro atoms. The predicted octanol–water partition coefficient (Wildman–Crippen LogP) is 3.37. The van der Waals surface area contributed by atoms with Crippen LogP contribution in [0.3, 0.4) is 0 Å². The van der Waals surface area contributed by atoms with E-state index in [-0.39, 0.29) is 24.0 Å². The number of amides is 2. The molecule has 0 aliphatic heterocycles. The number of aryl methyl sites for hydroxylation is 2. The summed E-state index contributed by atoms with van der Waals surface area (Å²) in [5.41, 5.74) is 1.16. The Hall–Kier alpha value is -1.56. The van der Waals surface area contributed by atoms with E-state index in [1.807, 2.05) is 6.92 Å². The molecule has 1 saturated carbocycles. The van der Waals surface area contributed by atoms with Crippen LogP contribution >= 0.6 is 11.3 Å². The quantitative estimate of drug-likeness (QED) is 0.794. The van der Waals surface area contributed by atoms with Gasteiger partial charge in [-0.2, -0.15) is 0 Å². The van der Waals surface area contributed by atoms with Gasteiger partial charge in [0.1, 0.15) is 0 Å². The van der Waals surface area contributed by atoms with Gasteiger partial charge in [-0.15, -0.1) is 11.3 Å². The maximum absolute atomic E-state index is 12.1. The van der Waals surface area contributed by atoms with Crippen LogP contribution in [0.1, 0.15) is 54.0 Å². The Bertz CT molecular complexity index is 548. The van der Waals surface area contributed by atoms with Gasteiger partial charge in [-0.1, -0.05) is 0 Å². The average molecular weight is 324 g/mol. The normalized spacial score (nSPS) is 22.9. The molecule has 0 radical (unpaired) electrons. The van der Waals surface area contributed by atoms with Crippen molar-refractivity contribution < 1.29 is 14.7 Å². The molecule has 3 N–H and O–H groups in total. The highest BCUT2D eigenvalue weighted by atomic mass is 32.1. The maximum atomic E-state index is 12.1. The molecule has 1 aliphatic carbocycles. The van der Waals surface area contributed by atoms with E-state index in [4.69, 9.17) is 5.11 Å². The lowest BCUT2D eigenvalue weighted by molar-refractivity contribution is -0.142. The fourth-order valence-corrected chi connectivity index (χ4v) is 4.09. The fourth-order valence-electron chi connectivity index (χ4n) is 3.07. The van der Waals surface area contributed by atoms with E-state index in [1.54, 1.807) is 11.3 Å². The lowest BCUT2D eigenvalue weighted by Crippen LogP contribution is -2.44.